The molecule has 0 atom stereocenters. The Bertz CT molecular complexity index is 538. The van der Waals surface area contributed by atoms with E-state index in [0.717, 1.165) is 25.7 Å². The van der Waals surface area contributed by atoms with Crippen LogP contribution in [-0.4, -0.2) is 18.5 Å². The molecule has 4 nitrogen and oxygen atoms in total. The monoisotopic (exact) mass is 338 g/mol. The SMILES string of the molecule is CCCCCCOC(=O)C(CC)(CC)C(=O)Oc1ccccc1F. The molecule has 0 radical (unpaired) electrons. The van der Waals surface area contributed by atoms with Gasteiger partial charge in [0.05, 0.1) is 6.61 Å². The molecule has 0 aliphatic heterocycles. The summed E-state index contributed by atoms with van der Waals surface area (Å²) in [5.74, 6) is -2.18. The Morgan fingerprint density at radius 2 is 1.67 bits per heavy atom. The minimum absolute atomic E-state index is 0.176. The molecule has 1 aromatic rings. The van der Waals surface area contributed by atoms with Crippen molar-refractivity contribution in [2.45, 2.75) is 59.3 Å². The van der Waals surface area contributed by atoms with Crippen molar-refractivity contribution in [2.24, 2.45) is 5.41 Å². The maximum atomic E-state index is 13.7. The number of carbonyl (C=O) groups is 2. The third-order valence-corrected chi connectivity index (χ3v) is 4.26. The standard InChI is InChI=1S/C19H27FO4/c1-4-7-8-11-14-23-17(21)19(5-2,6-3)18(22)24-16-13-10-9-12-15(16)20/h9-10,12-13H,4-8,11,14H2,1-3H3. The average Bonchev–Trinajstić information content (AvgIpc) is 2.58. The van der Waals surface area contributed by atoms with E-state index in [1.165, 1.54) is 18.2 Å². The van der Waals surface area contributed by atoms with E-state index >= 15 is 0 Å². The van der Waals surface area contributed by atoms with Gasteiger partial charge in [0.1, 0.15) is 0 Å². The van der Waals surface area contributed by atoms with Crippen LogP contribution in [0.2, 0.25) is 0 Å². The fourth-order valence-electron chi connectivity index (χ4n) is 2.47. The first-order valence-corrected chi connectivity index (χ1v) is 8.65. The van der Waals surface area contributed by atoms with Gasteiger partial charge in [-0.1, -0.05) is 52.2 Å². The molecule has 1 rings (SSSR count). The normalized spacial score (nSPS) is 11.2. The summed E-state index contributed by atoms with van der Waals surface area (Å²) in [6.07, 6.45) is 4.41. The quantitative estimate of drug-likeness (QED) is 0.269. The van der Waals surface area contributed by atoms with Gasteiger partial charge < -0.3 is 9.47 Å². The van der Waals surface area contributed by atoms with Crippen LogP contribution < -0.4 is 4.74 Å². The van der Waals surface area contributed by atoms with Crippen LogP contribution in [0, 0.1) is 11.2 Å². The van der Waals surface area contributed by atoms with E-state index in [9.17, 15) is 14.0 Å². The highest BCUT2D eigenvalue weighted by molar-refractivity contribution is 6.00. The van der Waals surface area contributed by atoms with Gasteiger partial charge in [-0.25, -0.2) is 4.39 Å². The van der Waals surface area contributed by atoms with Gasteiger partial charge in [0, 0.05) is 0 Å². The lowest BCUT2D eigenvalue weighted by atomic mass is 9.82. The van der Waals surface area contributed by atoms with Gasteiger partial charge in [0.15, 0.2) is 17.0 Å². The largest absolute Gasteiger partial charge is 0.465 e. The molecule has 5 heteroatoms. The van der Waals surface area contributed by atoms with E-state index in [0.29, 0.717) is 0 Å². The maximum absolute atomic E-state index is 13.7. The van der Waals surface area contributed by atoms with Crippen molar-refractivity contribution >= 4 is 11.9 Å². The summed E-state index contributed by atoms with van der Waals surface area (Å²) in [5.41, 5.74) is -1.40. The number of hydrogen-bond donors (Lipinski definition) is 0. The van der Waals surface area contributed by atoms with Crippen molar-refractivity contribution in [3.63, 3.8) is 0 Å². The maximum Gasteiger partial charge on any atom is 0.328 e. The smallest absolute Gasteiger partial charge is 0.328 e. The van der Waals surface area contributed by atoms with Crippen molar-refractivity contribution in [1.82, 2.24) is 0 Å². The lowest BCUT2D eigenvalue weighted by Crippen LogP contribution is -2.42. The highest BCUT2D eigenvalue weighted by atomic mass is 19.1. The van der Waals surface area contributed by atoms with Crippen LogP contribution in [0.3, 0.4) is 0 Å². The second-order valence-electron chi connectivity index (χ2n) is 5.81. The first-order valence-electron chi connectivity index (χ1n) is 8.65. The topological polar surface area (TPSA) is 52.6 Å². The molecule has 24 heavy (non-hydrogen) atoms. The first-order chi connectivity index (χ1) is 11.5. The highest BCUT2D eigenvalue weighted by Gasteiger charge is 2.46. The molecule has 0 heterocycles. The number of carbonyl (C=O) groups excluding carboxylic acids is 2. The Kier molecular flexibility index (Phi) is 8.44. The zero-order valence-electron chi connectivity index (χ0n) is 14.8. The van der Waals surface area contributed by atoms with Crippen molar-refractivity contribution in [2.75, 3.05) is 6.61 Å². The Hall–Kier alpha value is -1.91. The summed E-state index contributed by atoms with van der Waals surface area (Å²) >= 11 is 0. The molecule has 0 spiro atoms. The molecular formula is C19H27FO4. The van der Waals surface area contributed by atoms with Crippen LogP contribution >= 0.6 is 0 Å². The van der Waals surface area contributed by atoms with Crippen LogP contribution in [0.25, 0.3) is 0 Å². The fourth-order valence-corrected chi connectivity index (χ4v) is 2.47. The van der Waals surface area contributed by atoms with Crippen molar-refractivity contribution in [1.29, 1.82) is 0 Å². The van der Waals surface area contributed by atoms with Gasteiger partial charge in [-0.15, -0.1) is 0 Å². The molecule has 0 fully saturated rings. The summed E-state index contributed by atoms with van der Waals surface area (Å²) in [7, 11) is 0. The van der Waals surface area contributed by atoms with Crippen LogP contribution in [0.15, 0.2) is 24.3 Å². The number of ether oxygens (including phenoxy) is 2. The number of rotatable bonds is 10. The van der Waals surface area contributed by atoms with Gasteiger partial charge in [-0.2, -0.15) is 0 Å². The summed E-state index contributed by atoms with van der Waals surface area (Å²) in [6.45, 7) is 5.84. The molecule has 0 N–H and O–H groups in total. The van der Waals surface area contributed by atoms with E-state index in [-0.39, 0.29) is 25.2 Å². The number of esters is 2. The molecule has 0 saturated heterocycles. The summed E-state index contributed by atoms with van der Waals surface area (Å²) < 4.78 is 24.1. The minimum atomic E-state index is -1.40. The van der Waals surface area contributed by atoms with Crippen LogP contribution in [0.1, 0.15) is 59.3 Å². The molecule has 0 bridgehead atoms. The van der Waals surface area contributed by atoms with Gasteiger partial charge >= 0.3 is 11.9 Å². The lowest BCUT2D eigenvalue weighted by Gasteiger charge is -2.26. The highest BCUT2D eigenvalue weighted by Crippen LogP contribution is 2.31. The van der Waals surface area contributed by atoms with Gasteiger partial charge in [0.25, 0.3) is 0 Å². The summed E-state index contributed by atoms with van der Waals surface area (Å²) in [5, 5.41) is 0. The molecule has 1 aromatic carbocycles. The molecule has 0 saturated carbocycles. The fraction of sp³-hybridized carbons (Fsp3) is 0.579. The van der Waals surface area contributed by atoms with Crippen LogP contribution in [0.5, 0.6) is 5.75 Å². The van der Waals surface area contributed by atoms with E-state index in [4.69, 9.17) is 9.47 Å². The summed E-state index contributed by atoms with van der Waals surface area (Å²) in [6, 6.07) is 5.63. The zero-order valence-corrected chi connectivity index (χ0v) is 14.8. The predicted octanol–water partition coefficient (Wildman–Crippen LogP) is 4.66. The Morgan fingerprint density at radius 3 is 2.25 bits per heavy atom. The Morgan fingerprint density at radius 1 is 1.00 bits per heavy atom. The molecular weight excluding hydrogens is 311 g/mol. The van der Waals surface area contributed by atoms with Crippen molar-refractivity contribution in [3.8, 4) is 5.75 Å². The van der Waals surface area contributed by atoms with E-state index in [1.54, 1.807) is 19.9 Å². The molecule has 0 aliphatic rings. The van der Waals surface area contributed by atoms with Gasteiger partial charge in [-0.3, -0.25) is 9.59 Å². The second kappa shape index (κ2) is 10.1. The Labute approximate surface area is 143 Å². The first kappa shape index (κ1) is 20.1. The van der Waals surface area contributed by atoms with Crippen LogP contribution in [0.4, 0.5) is 4.39 Å². The predicted molar refractivity (Wildman–Crippen MR) is 90.2 cm³/mol. The van der Waals surface area contributed by atoms with Crippen molar-refractivity contribution < 1.29 is 23.5 Å². The third kappa shape index (κ3) is 5.05. The van der Waals surface area contributed by atoms with Gasteiger partial charge in [-0.05, 0) is 31.4 Å². The molecule has 0 aromatic heterocycles. The van der Waals surface area contributed by atoms with E-state index < -0.39 is 23.2 Å². The zero-order chi connectivity index (χ0) is 18.0. The number of benzene rings is 1. The van der Waals surface area contributed by atoms with E-state index in [1.807, 2.05) is 0 Å². The summed E-state index contributed by atoms with van der Waals surface area (Å²) in [4.78, 5) is 25.0. The number of hydrogen-bond acceptors (Lipinski definition) is 4. The Balaban J connectivity index is 2.76. The average molecular weight is 338 g/mol. The van der Waals surface area contributed by atoms with Crippen LogP contribution in [-0.2, 0) is 14.3 Å². The molecule has 0 unspecified atom stereocenters. The van der Waals surface area contributed by atoms with E-state index in [2.05, 4.69) is 6.92 Å². The molecule has 0 aliphatic carbocycles. The van der Waals surface area contributed by atoms with Crippen molar-refractivity contribution in [3.05, 3.63) is 30.1 Å². The second-order valence-corrected chi connectivity index (χ2v) is 5.81. The third-order valence-electron chi connectivity index (χ3n) is 4.26. The number of para-hydroxylation sites is 1. The molecule has 0 amide bonds. The number of unbranched alkanes of at least 4 members (excludes halogenated alkanes) is 3. The van der Waals surface area contributed by atoms with Gasteiger partial charge in [0.2, 0.25) is 0 Å². The minimum Gasteiger partial charge on any atom is -0.465 e. The lowest BCUT2D eigenvalue weighted by molar-refractivity contribution is -0.168. The molecule has 134 valence electrons. The number of halogens is 1.